The van der Waals surface area contributed by atoms with Crippen LogP contribution in [0.4, 0.5) is 0 Å². The van der Waals surface area contributed by atoms with E-state index in [1.54, 1.807) is 0 Å². The fourth-order valence-corrected chi connectivity index (χ4v) is 5.47. The number of carbonyl (C=O) groups excluding carboxylic acids is 1. The first-order valence-electron chi connectivity index (χ1n) is 7.77. The van der Waals surface area contributed by atoms with E-state index in [1.165, 1.54) is 31.5 Å². The Bertz CT molecular complexity index is 524. The number of nitrogens with one attached hydrogen (secondary N) is 1. The minimum absolute atomic E-state index is 0.285. The zero-order chi connectivity index (χ0) is 14.4. The van der Waals surface area contributed by atoms with Gasteiger partial charge in [0.05, 0.1) is 10.8 Å². The number of nitrogens with two attached hydrogens (primary N) is 1. The smallest absolute Gasteiger partial charge is 0.246 e. The maximum atomic E-state index is 11.6. The van der Waals surface area contributed by atoms with Crippen molar-refractivity contribution < 1.29 is 4.79 Å². The standard InChI is InChI=1S/C15H22N4OS/c16-14(20)11-2-3-12-9-18-7-1-4-15(5-6-17-21-15)13(10-18)19(12)8-11/h2-3,13,17H,1,4-10H2,(H2,16,20). The highest BCUT2D eigenvalue weighted by atomic mass is 32.2. The molecule has 0 aromatic rings. The fourth-order valence-electron chi connectivity index (χ4n) is 4.19. The highest BCUT2D eigenvalue weighted by Gasteiger charge is 2.50. The zero-order valence-electron chi connectivity index (χ0n) is 12.2. The minimum atomic E-state index is -0.285. The normalized spacial score (nSPS) is 38.6. The van der Waals surface area contributed by atoms with E-state index in [-0.39, 0.29) is 10.7 Å². The number of nitrogens with zero attached hydrogens (tertiary/aromatic N) is 2. The lowest BCUT2D eigenvalue weighted by molar-refractivity contribution is -0.114. The van der Waals surface area contributed by atoms with Crippen LogP contribution >= 0.6 is 11.9 Å². The van der Waals surface area contributed by atoms with Gasteiger partial charge in [0.15, 0.2) is 0 Å². The molecular formula is C15H22N4OS. The first-order chi connectivity index (χ1) is 10.2. The molecule has 3 unspecified atom stereocenters. The van der Waals surface area contributed by atoms with E-state index >= 15 is 0 Å². The number of allylic oxidation sites excluding steroid dienone is 2. The van der Waals surface area contributed by atoms with E-state index in [1.807, 2.05) is 18.0 Å². The molecule has 3 saturated heterocycles. The molecule has 3 atom stereocenters. The first-order valence-corrected chi connectivity index (χ1v) is 8.59. The summed E-state index contributed by atoms with van der Waals surface area (Å²) >= 11 is 1.93. The van der Waals surface area contributed by atoms with Gasteiger partial charge in [0.2, 0.25) is 5.91 Å². The molecule has 4 heterocycles. The monoisotopic (exact) mass is 306 g/mol. The molecule has 2 bridgehead atoms. The van der Waals surface area contributed by atoms with Crippen molar-refractivity contribution >= 4 is 17.9 Å². The third-order valence-corrected chi connectivity index (χ3v) is 6.74. The number of fused-ring (bicyclic) bond motifs is 5. The average Bonchev–Trinajstić information content (AvgIpc) is 2.90. The van der Waals surface area contributed by atoms with E-state index in [9.17, 15) is 4.79 Å². The molecule has 3 fully saturated rings. The molecule has 4 rings (SSSR count). The van der Waals surface area contributed by atoms with Crippen LogP contribution in [0.2, 0.25) is 0 Å². The van der Waals surface area contributed by atoms with Crippen molar-refractivity contribution in [2.75, 3.05) is 32.7 Å². The molecule has 4 aliphatic rings. The molecule has 0 aromatic carbocycles. The van der Waals surface area contributed by atoms with E-state index in [0.717, 1.165) is 25.2 Å². The fraction of sp³-hybridized carbons (Fsp3) is 0.667. The second-order valence-electron chi connectivity index (χ2n) is 6.51. The van der Waals surface area contributed by atoms with Gasteiger partial charge in [-0.3, -0.25) is 14.4 Å². The Morgan fingerprint density at radius 3 is 3.05 bits per heavy atom. The van der Waals surface area contributed by atoms with Crippen LogP contribution in [0.1, 0.15) is 19.3 Å². The SMILES string of the molecule is NC(=O)C1=CC=C2CN3CCCC4(CCNS4)C(C3)N2C1. The number of rotatable bonds is 1. The van der Waals surface area contributed by atoms with Crippen molar-refractivity contribution in [2.24, 2.45) is 5.73 Å². The van der Waals surface area contributed by atoms with Crippen LogP contribution in [0.5, 0.6) is 0 Å². The molecule has 3 N–H and O–H groups in total. The molecule has 0 radical (unpaired) electrons. The molecule has 0 saturated carbocycles. The predicted octanol–water partition coefficient (Wildman–Crippen LogP) is 0.456. The quantitative estimate of drug-likeness (QED) is 0.689. The van der Waals surface area contributed by atoms with Crippen LogP contribution in [-0.4, -0.2) is 59.2 Å². The maximum Gasteiger partial charge on any atom is 0.246 e. The van der Waals surface area contributed by atoms with Crippen LogP contribution in [0.15, 0.2) is 23.4 Å². The molecule has 6 heteroatoms. The van der Waals surface area contributed by atoms with Gasteiger partial charge in [0.25, 0.3) is 0 Å². The van der Waals surface area contributed by atoms with Gasteiger partial charge in [-0.25, -0.2) is 0 Å². The average molecular weight is 306 g/mol. The van der Waals surface area contributed by atoms with Crippen molar-refractivity contribution in [1.82, 2.24) is 14.5 Å². The second kappa shape index (κ2) is 5.04. The van der Waals surface area contributed by atoms with Crippen LogP contribution in [0, 0.1) is 0 Å². The predicted molar refractivity (Wildman–Crippen MR) is 84.5 cm³/mol. The van der Waals surface area contributed by atoms with Gasteiger partial charge in [-0.2, -0.15) is 0 Å². The first kappa shape index (κ1) is 13.7. The molecule has 0 aliphatic carbocycles. The van der Waals surface area contributed by atoms with Crippen molar-refractivity contribution in [1.29, 1.82) is 0 Å². The summed E-state index contributed by atoms with van der Waals surface area (Å²) in [5, 5.41) is 0. The summed E-state index contributed by atoms with van der Waals surface area (Å²) in [5.74, 6) is -0.285. The van der Waals surface area contributed by atoms with Crippen molar-refractivity contribution in [2.45, 2.75) is 30.1 Å². The lowest BCUT2D eigenvalue weighted by Crippen LogP contribution is -2.59. The summed E-state index contributed by atoms with van der Waals surface area (Å²) in [6.45, 7) is 5.08. The molecule has 21 heavy (non-hydrogen) atoms. The molecule has 0 aromatic heterocycles. The van der Waals surface area contributed by atoms with Gasteiger partial charge in [0.1, 0.15) is 0 Å². The second-order valence-corrected chi connectivity index (χ2v) is 7.81. The highest BCUT2D eigenvalue weighted by molar-refractivity contribution is 7.99. The lowest BCUT2D eigenvalue weighted by Gasteiger charge is -2.50. The Balaban J connectivity index is 1.70. The topological polar surface area (TPSA) is 61.6 Å². The number of hydrogen-bond acceptors (Lipinski definition) is 5. The van der Waals surface area contributed by atoms with E-state index < -0.39 is 0 Å². The molecule has 4 aliphatic heterocycles. The van der Waals surface area contributed by atoms with Crippen LogP contribution in [-0.2, 0) is 4.79 Å². The molecular weight excluding hydrogens is 284 g/mol. The molecule has 114 valence electrons. The summed E-state index contributed by atoms with van der Waals surface area (Å²) in [7, 11) is 0. The lowest BCUT2D eigenvalue weighted by atomic mass is 9.87. The molecule has 5 nitrogen and oxygen atoms in total. The Kier molecular flexibility index (Phi) is 3.28. The van der Waals surface area contributed by atoms with Crippen molar-refractivity contribution in [3.05, 3.63) is 23.4 Å². The number of amides is 1. The Morgan fingerprint density at radius 2 is 2.29 bits per heavy atom. The van der Waals surface area contributed by atoms with Crippen molar-refractivity contribution in [3.63, 3.8) is 0 Å². The third-order valence-electron chi connectivity index (χ3n) is 5.30. The molecule has 1 spiro atoms. The molecule has 1 amide bonds. The van der Waals surface area contributed by atoms with Crippen molar-refractivity contribution in [3.8, 4) is 0 Å². The van der Waals surface area contributed by atoms with Gasteiger partial charge in [-0.1, -0.05) is 11.9 Å². The van der Waals surface area contributed by atoms with Crippen LogP contribution < -0.4 is 10.5 Å². The summed E-state index contributed by atoms with van der Waals surface area (Å²) in [6.07, 6.45) is 7.76. The largest absolute Gasteiger partial charge is 0.366 e. The zero-order valence-corrected chi connectivity index (χ0v) is 13.0. The van der Waals surface area contributed by atoms with Gasteiger partial charge in [-0.15, -0.1) is 0 Å². The Hall–Kier alpha value is -0.980. The van der Waals surface area contributed by atoms with Gasteiger partial charge < -0.3 is 10.6 Å². The summed E-state index contributed by atoms with van der Waals surface area (Å²) < 4.78 is 3.78. The van der Waals surface area contributed by atoms with E-state index in [4.69, 9.17) is 5.73 Å². The van der Waals surface area contributed by atoms with Crippen LogP contribution in [0.3, 0.4) is 0 Å². The van der Waals surface area contributed by atoms with E-state index in [2.05, 4.69) is 20.6 Å². The third kappa shape index (κ3) is 2.20. The maximum absolute atomic E-state index is 11.6. The Morgan fingerprint density at radius 1 is 1.38 bits per heavy atom. The Labute approximate surface area is 129 Å². The van der Waals surface area contributed by atoms with Gasteiger partial charge in [-0.05, 0) is 38.0 Å². The number of carbonyl (C=O) groups is 1. The summed E-state index contributed by atoms with van der Waals surface area (Å²) in [4.78, 5) is 16.6. The van der Waals surface area contributed by atoms with Crippen LogP contribution in [0.25, 0.3) is 0 Å². The summed E-state index contributed by atoms with van der Waals surface area (Å²) in [6, 6.07) is 0.475. The number of piperazine rings is 1. The van der Waals surface area contributed by atoms with Gasteiger partial charge >= 0.3 is 0 Å². The highest BCUT2D eigenvalue weighted by Crippen LogP contribution is 2.46. The number of primary amides is 1. The number of hydrogen-bond donors (Lipinski definition) is 2. The summed E-state index contributed by atoms with van der Waals surface area (Å²) in [5.41, 5.74) is 7.59. The minimum Gasteiger partial charge on any atom is -0.366 e. The van der Waals surface area contributed by atoms with Gasteiger partial charge in [0, 0.05) is 37.4 Å². The van der Waals surface area contributed by atoms with E-state index in [0.29, 0.717) is 12.6 Å².